The molecule has 11 nitrogen and oxygen atoms in total. The summed E-state index contributed by atoms with van der Waals surface area (Å²) in [6, 6.07) is 7.84. The molecule has 1 aromatic heterocycles. The SMILES string of the molecule is N#Cc1ccc(OP(=O)(O)CNS(=O)(=O)c2cc3cc(OCCN)c(OCCN)cc3s2)cc1C(F)(F)F. The zero-order valence-corrected chi connectivity index (χ0v) is 21.9. The Hall–Kier alpha value is -2.90. The summed E-state index contributed by atoms with van der Waals surface area (Å²) >= 11 is 0.838. The number of nitrogens with one attached hydrogen (secondary N) is 1. The summed E-state index contributed by atoms with van der Waals surface area (Å²) in [5.74, 6) is -0.0256. The van der Waals surface area contributed by atoms with Gasteiger partial charge in [-0.1, -0.05) is 0 Å². The van der Waals surface area contributed by atoms with Gasteiger partial charge in [0.1, 0.15) is 29.5 Å². The molecule has 0 amide bonds. The molecule has 0 fully saturated rings. The third-order valence-corrected chi connectivity index (χ3v) is 8.94. The van der Waals surface area contributed by atoms with Crippen molar-refractivity contribution >= 4 is 39.0 Å². The number of fused-ring (bicyclic) bond motifs is 1. The molecule has 17 heteroatoms. The lowest BCUT2D eigenvalue weighted by Gasteiger charge is -2.16. The number of hydrogen-bond acceptors (Lipinski definition) is 10. The molecule has 6 N–H and O–H groups in total. The fourth-order valence-corrected chi connectivity index (χ4v) is 7.02. The van der Waals surface area contributed by atoms with Gasteiger partial charge in [0, 0.05) is 23.9 Å². The Morgan fingerprint density at radius 1 is 1.08 bits per heavy atom. The van der Waals surface area contributed by atoms with E-state index in [4.69, 9.17) is 30.7 Å². The Balaban J connectivity index is 1.80. The van der Waals surface area contributed by atoms with Gasteiger partial charge in [-0.05, 0) is 35.7 Å². The van der Waals surface area contributed by atoms with E-state index in [-0.39, 0.29) is 30.5 Å². The number of ether oxygens (including phenoxy) is 2. The molecule has 0 saturated heterocycles. The summed E-state index contributed by atoms with van der Waals surface area (Å²) in [6.07, 6.45) is -6.06. The van der Waals surface area contributed by atoms with E-state index in [2.05, 4.69) is 0 Å². The lowest BCUT2D eigenvalue weighted by molar-refractivity contribution is -0.137. The summed E-state index contributed by atoms with van der Waals surface area (Å²) in [4.78, 5) is 10.1. The van der Waals surface area contributed by atoms with Gasteiger partial charge in [-0.25, -0.2) is 13.0 Å². The van der Waals surface area contributed by atoms with Crippen molar-refractivity contribution in [3.05, 3.63) is 47.5 Å². The highest BCUT2D eigenvalue weighted by atomic mass is 32.2. The maximum absolute atomic E-state index is 13.1. The monoisotopic (exact) mass is 594 g/mol. The van der Waals surface area contributed by atoms with Crippen molar-refractivity contribution < 1.29 is 45.0 Å². The van der Waals surface area contributed by atoms with Gasteiger partial charge in [-0.3, -0.25) is 0 Å². The molecule has 0 aliphatic carbocycles. The maximum Gasteiger partial charge on any atom is 0.417 e. The molecular formula is C21H22F3N4O7PS2. The van der Waals surface area contributed by atoms with Crippen molar-refractivity contribution in [2.45, 2.75) is 10.4 Å². The summed E-state index contributed by atoms with van der Waals surface area (Å²) in [6.45, 7) is 0.811. The van der Waals surface area contributed by atoms with Crippen molar-refractivity contribution in [3.63, 3.8) is 0 Å². The van der Waals surface area contributed by atoms with Crippen LogP contribution in [-0.4, -0.2) is 45.9 Å². The highest BCUT2D eigenvalue weighted by Crippen LogP contribution is 2.44. The second-order valence-corrected chi connectivity index (χ2v) is 12.4. The number of nitrogens with two attached hydrogens (primary N) is 2. The average molecular weight is 595 g/mol. The van der Waals surface area contributed by atoms with Crippen LogP contribution < -0.4 is 30.2 Å². The van der Waals surface area contributed by atoms with Crippen molar-refractivity contribution in [2.75, 3.05) is 32.6 Å². The van der Waals surface area contributed by atoms with E-state index in [9.17, 15) is 31.0 Å². The molecule has 0 saturated carbocycles. The average Bonchev–Trinajstić information content (AvgIpc) is 3.28. The Morgan fingerprint density at radius 3 is 2.29 bits per heavy atom. The minimum atomic E-state index is -4.92. The second-order valence-electron chi connectivity index (χ2n) is 7.53. The van der Waals surface area contributed by atoms with Crippen molar-refractivity contribution in [3.8, 4) is 23.3 Å². The molecule has 38 heavy (non-hydrogen) atoms. The molecule has 0 aliphatic rings. The maximum atomic E-state index is 13.1. The van der Waals surface area contributed by atoms with Crippen LogP contribution >= 0.6 is 18.9 Å². The molecule has 1 atom stereocenters. The minimum absolute atomic E-state index is 0.177. The van der Waals surface area contributed by atoms with Crippen LogP contribution in [0.4, 0.5) is 13.2 Å². The highest BCUT2D eigenvalue weighted by molar-refractivity contribution is 7.92. The lowest BCUT2D eigenvalue weighted by atomic mass is 10.1. The Morgan fingerprint density at radius 2 is 1.71 bits per heavy atom. The first-order chi connectivity index (χ1) is 17.8. The van der Waals surface area contributed by atoms with Gasteiger partial charge in [0.15, 0.2) is 11.5 Å². The number of halogens is 3. The Bertz CT molecular complexity index is 1460. The van der Waals surface area contributed by atoms with E-state index in [0.29, 0.717) is 27.7 Å². The zero-order valence-electron chi connectivity index (χ0n) is 19.4. The standard InChI is InChI=1S/C21H22F3N4O7PS2/c22-21(23,24)16-9-15(2-1-13(16)11-27)35-36(29,30)12-28-38(31,32)20-8-14-7-17(33-5-3-25)18(34-6-4-26)10-19(14)37-20/h1-2,7-10,28H,3-6,12,25-26H2,(H,29,30). The molecule has 0 bridgehead atoms. The van der Waals surface area contributed by atoms with Crippen molar-refractivity contribution in [2.24, 2.45) is 11.5 Å². The molecule has 0 spiro atoms. The van der Waals surface area contributed by atoms with Crippen LogP contribution in [0.1, 0.15) is 11.1 Å². The van der Waals surface area contributed by atoms with Crippen LogP contribution in [0.5, 0.6) is 17.2 Å². The van der Waals surface area contributed by atoms with Gasteiger partial charge < -0.3 is 30.4 Å². The smallest absolute Gasteiger partial charge is 0.417 e. The Labute approximate surface area is 219 Å². The van der Waals surface area contributed by atoms with Crippen LogP contribution in [0.25, 0.3) is 10.1 Å². The first kappa shape index (κ1) is 29.7. The predicted octanol–water partition coefficient (Wildman–Crippen LogP) is 2.97. The van der Waals surface area contributed by atoms with Gasteiger partial charge >= 0.3 is 13.8 Å². The Kier molecular flexibility index (Phi) is 9.26. The fraction of sp³-hybridized carbons (Fsp3) is 0.286. The van der Waals surface area contributed by atoms with Crippen LogP contribution in [0.15, 0.2) is 40.6 Å². The van der Waals surface area contributed by atoms with E-state index in [1.165, 1.54) is 12.1 Å². The van der Waals surface area contributed by atoms with Crippen LogP contribution in [-0.2, 0) is 20.8 Å². The van der Waals surface area contributed by atoms with Gasteiger partial charge in [-0.15, -0.1) is 11.3 Å². The first-order valence-electron chi connectivity index (χ1n) is 10.7. The van der Waals surface area contributed by atoms with E-state index >= 15 is 0 Å². The molecule has 2 aromatic carbocycles. The van der Waals surface area contributed by atoms with E-state index in [1.54, 1.807) is 12.1 Å². The fourth-order valence-electron chi connectivity index (χ4n) is 3.07. The molecular weight excluding hydrogens is 572 g/mol. The van der Waals surface area contributed by atoms with E-state index in [1.807, 2.05) is 4.72 Å². The number of hydrogen-bond donors (Lipinski definition) is 4. The van der Waals surface area contributed by atoms with Crippen LogP contribution in [0, 0.1) is 11.3 Å². The van der Waals surface area contributed by atoms with Crippen molar-refractivity contribution in [1.29, 1.82) is 5.26 Å². The molecule has 0 radical (unpaired) electrons. The third kappa shape index (κ3) is 7.35. The summed E-state index contributed by atoms with van der Waals surface area (Å²) in [5, 5.41) is 9.33. The lowest BCUT2D eigenvalue weighted by Crippen LogP contribution is -2.25. The number of thiophene rings is 1. The van der Waals surface area contributed by atoms with Crippen LogP contribution in [0.3, 0.4) is 0 Å². The van der Waals surface area contributed by atoms with Crippen molar-refractivity contribution in [1.82, 2.24) is 4.72 Å². The normalized spacial score (nSPS) is 13.6. The topological polar surface area (TPSA) is 187 Å². The van der Waals surface area contributed by atoms with E-state index in [0.717, 1.165) is 23.5 Å². The molecule has 1 unspecified atom stereocenters. The summed E-state index contributed by atoms with van der Waals surface area (Å²) in [7, 11) is -9.14. The molecule has 3 aromatic rings. The van der Waals surface area contributed by atoms with Gasteiger partial charge in [0.05, 0.1) is 17.2 Å². The summed E-state index contributed by atoms with van der Waals surface area (Å²) in [5.41, 5.74) is 8.86. The second kappa shape index (κ2) is 11.9. The molecule has 3 rings (SSSR count). The first-order valence-corrected chi connectivity index (χ1v) is 14.7. The zero-order chi connectivity index (χ0) is 28.1. The van der Waals surface area contributed by atoms with E-state index < -0.39 is 47.0 Å². The highest BCUT2D eigenvalue weighted by Gasteiger charge is 2.35. The quantitative estimate of drug-likeness (QED) is 0.227. The summed E-state index contributed by atoms with van der Waals surface area (Å²) < 4.78 is 95.6. The number of sulfonamides is 1. The minimum Gasteiger partial charge on any atom is -0.488 e. The van der Waals surface area contributed by atoms with Gasteiger partial charge in [-0.2, -0.15) is 23.2 Å². The molecule has 1 heterocycles. The molecule has 0 aliphatic heterocycles. The number of benzene rings is 2. The number of nitrogens with zero attached hydrogens (tertiary/aromatic N) is 1. The third-order valence-electron chi connectivity index (χ3n) is 4.70. The number of alkyl halides is 3. The molecule has 206 valence electrons. The number of rotatable bonds is 12. The van der Waals surface area contributed by atoms with Gasteiger partial charge in [0.2, 0.25) is 0 Å². The largest absolute Gasteiger partial charge is 0.488 e. The van der Waals surface area contributed by atoms with Gasteiger partial charge in [0.25, 0.3) is 10.0 Å². The predicted molar refractivity (Wildman–Crippen MR) is 133 cm³/mol. The van der Waals surface area contributed by atoms with Crippen LogP contribution in [0.2, 0.25) is 0 Å². The number of nitriles is 1.